The average Bonchev–Trinajstić information content (AvgIpc) is 2.61. The Kier molecular flexibility index (Phi) is 4.55. The summed E-state index contributed by atoms with van der Waals surface area (Å²) in [7, 11) is 0. The molecule has 0 fully saturated rings. The number of benzene rings is 1. The second kappa shape index (κ2) is 6.77. The van der Waals surface area contributed by atoms with Crippen molar-refractivity contribution in [1.29, 1.82) is 0 Å². The van der Waals surface area contributed by atoms with E-state index in [2.05, 4.69) is 41.3 Å². The molecule has 5 nitrogen and oxygen atoms in total. The van der Waals surface area contributed by atoms with Gasteiger partial charge in [0.1, 0.15) is 0 Å². The van der Waals surface area contributed by atoms with E-state index in [1.165, 1.54) is 11.1 Å². The van der Waals surface area contributed by atoms with Gasteiger partial charge in [-0.3, -0.25) is 4.79 Å². The normalized spacial score (nSPS) is 15.0. The molecule has 0 saturated heterocycles. The summed E-state index contributed by atoms with van der Waals surface area (Å²) in [5.41, 5.74) is 3.10. The highest BCUT2D eigenvalue weighted by Gasteiger charge is 2.22. The topological polar surface area (TPSA) is 58.1 Å². The van der Waals surface area contributed by atoms with E-state index in [0.717, 1.165) is 19.4 Å². The minimum absolute atomic E-state index is 0.00501. The van der Waals surface area contributed by atoms with Crippen molar-refractivity contribution in [2.24, 2.45) is 0 Å². The molecule has 0 saturated carbocycles. The molecule has 1 N–H and O–H groups in total. The summed E-state index contributed by atoms with van der Waals surface area (Å²) in [5, 5.41) is 3.20. The van der Waals surface area contributed by atoms with Gasteiger partial charge < -0.3 is 10.2 Å². The number of carbonyl (C=O) groups excluding carboxylic acids is 1. The molecule has 120 valence electrons. The molecule has 0 spiro atoms. The van der Waals surface area contributed by atoms with Crippen molar-refractivity contribution < 1.29 is 4.79 Å². The smallest absolute Gasteiger partial charge is 0.257 e. The number of rotatable bonds is 4. The van der Waals surface area contributed by atoms with Gasteiger partial charge in [0.15, 0.2) is 0 Å². The van der Waals surface area contributed by atoms with Crippen LogP contribution >= 0.6 is 0 Å². The molecule has 0 radical (unpaired) electrons. The van der Waals surface area contributed by atoms with Gasteiger partial charge in [0.2, 0.25) is 5.95 Å². The summed E-state index contributed by atoms with van der Waals surface area (Å²) in [6.07, 6.45) is 5.12. The fraction of sp³-hybridized carbons (Fsp3) is 0.389. The first-order valence-corrected chi connectivity index (χ1v) is 8.12. The van der Waals surface area contributed by atoms with Crippen molar-refractivity contribution >= 4 is 11.9 Å². The maximum Gasteiger partial charge on any atom is 0.257 e. The van der Waals surface area contributed by atoms with Crippen LogP contribution in [0.25, 0.3) is 0 Å². The van der Waals surface area contributed by atoms with Gasteiger partial charge in [0.25, 0.3) is 5.91 Å². The van der Waals surface area contributed by atoms with Crippen LogP contribution in [0.1, 0.15) is 41.8 Å². The van der Waals surface area contributed by atoms with Gasteiger partial charge in [0, 0.05) is 31.5 Å². The van der Waals surface area contributed by atoms with Crippen molar-refractivity contribution in [1.82, 2.24) is 14.9 Å². The van der Waals surface area contributed by atoms with Crippen LogP contribution in [0.2, 0.25) is 0 Å². The Hall–Kier alpha value is -2.43. The zero-order valence-corrected chi connectivity index (χ0v) is 13.6. The monoisotopic (exact) mass is 310 g/mol. The number of hydrogen-bond donors (Lipinski definition) is 1. The van der Waals surface area contributed by atoms with Crippen molar-refractivity contribution in [3.05, 3.63) is 53.3 Å². The first-order chi connectivity index (χ1) is 11.2. The lowest BCUT2D eigenvalue weighted by Gasteiger charge is -2.28. The Morgan fingerprint density at radius 1 is 1.26 bits per heavy atom. The Balaban J connectivity index is 1.69. The quantitative estimate of drug-likeness (QED) is 0.943. The molecule has 23 heavy (non-hydrogen) atoms. The van der Waals surface area contributed by atoms with Crippen LogP contribution in [0.4, 0.5) is 5.95 Å². The van der Waals surface area contributed by atoms with Crippen molar-refractivity contribution in [3.8, 4) is 0 Å². The molecule has 1 aromatic heterocycles. The van der Waals surface area contributed by atoms with Gasteiger partial charge in [-0.05, 0) is 30.9 Å². The van der Waals surface area contributed by atoms with Gasteiger partial charge in [-0.2, -0.15) is 0 Å². The van der Waals surface area contributed by atoms with Crippen LogP contribution in [0.3, 0.4) is 0 Å². The van der Waals surface area contributed by atoms with Gasteiger partial charge in [0.05, 0.1) is 5.56 Å². The lowest BCUT2D eigenvalue weighted by molar-refractivity contribution is 0.0734. The largest absolute Gasteiger partial charge is 0.352 e. The molecular formula is C18H22N4O. The third kappa shape index (κ3) is 3.50. The second-order valence-electron chi connectivity index (χ2n) is 5.99. The highest BCUT2D eigenvalue weighted by Crippen LogP contribution is 2.20. The molecule has 0 bridgehead atoms. The van der Waals surface area contributed by atoms with Crippen LogP contribution < -0.4 is 5.32 Å². The molecule has 1 aliphatic heterocycles. The highest BCUT2D eigenvalue weighted by atomic mass is 16.2. The molecule has 2 heterocycles. The van der Waals surface area contributed by atoms with E-state index in [0.29, 0.717) is 24.1 Å². The standard InChI is InChI=1S/C18H22N4O/c1-3-13(2)21-18-19-10-16(11-20-18)17(23)22-9-8-14-6-4-5-7-15(14)12-22/h4-7,10-11,13H,3,8-9,12H2,1-2H3,(H,19,20,21). The summed E-state index contributed by atoms with van der Waals surface area (Å²) >= 11 is 0. The number of anilines is 1. The maximum absolute atomic E-state index is 12.6. The molecule has 2 aromatic rings. The third-order valence-corrected chi connectivity index (χ3v) is 4.30. The first kappa shape index (κ1) is 15.5. The number of hydrogen-bond acceptors (Lipinski definition) is 4. The van der Waals surface area contributed by atoms with Crippen molar-refractivity contribution in [3.63, 3.8) is 0 Å². The van der Waals surface area contributed by atoms with Gasteiger partial charge in [-0.15, -0.1) is 0 Å². The van der Waals surface area contributed by atoms with Crippen LogP contribution in [-0.4, -0.2) is 33.4 Å². The average molecular weight is 310 g/mol. The Bertz CT molecular complexity index is 684. The Morgan fingerprint density at radius 3 is 2.65 bits per heavy atom. The maximum atomic E-state index is 12.6. The molecule has 1 atom stereocenters. The zero-order chi connectivity index (χ0) is 16.2. The summed E-state index contributed by atoms with van der Waals surface area (Å²) in [4.78, 5) is 23.0. The summed E-state index contributed by atoms with van der Waals surface area (Å²) < 4.78 is 0. The predicted octanol–water partition coefficient (Wildman–Crippen LogP) is 2.89. The number of carbonyl (C=O) groups is 1. The Morgan fingerprint density at radius 2 is 1.96 bits per heavy atom. The molecule has 1 unspecified atom stereocenters. The lowest BCUT2D eigenvalue weighted by Crippen LogP contribution is -2.36. The van der Waals surface area contributed by atoms with E-state index in [1.807, 2.05) is 17.0 Å². The number of fused-ring (bicyclic) bond motifs is 1. The zero-order valence-electron chi connectivity index (χ0n) is 13.6. The van der Waals surface area contributed by atoms with E-state index >= 15 is 0 Å². The highest BCUT2D eigenvalue weighted by molar-refractivity contribution is 5.93. The predicted molar refractivity (Wildman–Crippen MR) is 90.3 cm³/mol. The van der Waals surface area contributed by atoms with Gasteiger partial charge >= 0.3 is 0 Å². The van der Waals surface area contributed by atoms with E-state index in [1.54, 1.807) is 12.4 Å². The van der Waals surface area contributed by atoms with Crippen LogP contribution in [-0.2, 0) is 13.0 Å². The van der Waals surface area contributed by atoms with Crippen molar-refractivity contribution in [2.45, 2.75) is 39.3 Å². The van der Waals surface area contributed by atoms with Crippen LogP contribution in [0.15, 0.2) is 36.7 Å². The Labute approximate surface area is 136 Å². The van der Waals surface area contributed by atoms with E-state index < -0.39 is 0 Å². The lowest BCUT2D eigenvalue weighted by atomic mass is 9.99. The second-order valence-corrected chi connectivity index (χ2v) is 5.99. The minimum atomic E-state index is -0.00501. The van der Waals surface area contributed by atoms with Crippen LogP contribution in [0, 0.1) is 0 Å². The minimum Gasteiger partial charge on any atom is -0.352 e. The van der Waals surface area contributed by atoms with E-state index in [4.69, 9.17) is 0 Å². The summed E-state index contributed by atoms with van der Waals surface area (Å²) in [6.45, 7) is 5.57. The molecule has 5 heteroatoms. The molecule has 3 rings (SSSR count). The van der Waals surface area contributed by atoms with E-state index in [-0.39, 0.29) is 5.91 Å². The number of amides is 1. The number of aromatic nitrogens is 2. The molecule has 1 amide bonds. The third-order valence-electron chi connectivity index (χ3n) is 4.30. The number of nitrogens with zero attached hydrogens (tertiary/aromatic N) is 3. The summed E-state index contributed by atoms with van der Waals surface area (Å²) in [6, 6.07) is 8.61. The summed E-state index contributed by atoms with van der Waals surface area (Å²) in [5.74, 6) is 0.564. The first-order valence-electron chi connectivity index (χ1n) is 8.12. The van der Waals surface area contributed by atoms with Gasteiger partial charge in [-0.25, -0.2) is 9.97 Å². The van der Waals surface area contributed by atoms with Crippen LogP contribution in [0.5, 0.6) is 0 Å². The SMILES string of the molecule is CCC(C)Nc1ncc(C(=O)N2CCc3ccccc3C2)cn1. The molecule has 1 aliphatic rings. The van der Waals surface area contributed by atoms with Crippen molar-refractivity contribution in [2.75, 3.05) is 11.9 Å². The molecule has 1 aromatic carbocycles. The number of nitrogens with one attached hydrogen (secondary N) is 1. The molecule has 0 aliphatic carbocycles. The fourth-order valence-electron chi connectivity index (χ4n) is 2.69. The molecular weight excluding hydrogens is 288 g/mol. The fourth-order valence-corrected chi connectivity index (χ4v) is 2.69. The van der Waals surface area contributed by atoms with E-state index in [9.17, 15) is 4.79 Å². The van der Waals surface area contributed by atoms with Gasteiger partial charge in [-0.1, -0.05) is 31.2 Å².